The highest BCUT2D eigenvalue weighted by molar-refractivity contribution is 7.99. The van der Waals surface area contributed by atoms with E-state index < -0.39 is 0 Å². The Kier molecular flexibility index (Phi) is 4.75. The molecule has 0 amide bonds. The van der Waals surface area contributed by atoms with Crippen LogP contribution in [0.1, 0.15) is 23.6 Å². The molecule has 2 aromatic carbocycles. The Morgan fingerprint density at radius 3 is 2.67 bits per heavy atom. The van der Waals surface area contributed by atoms with Crippen molar-refractivity contribution in [3.63, 3.8) is 0 Å². The molecular weight excluding hydrogens is 328 g/mol. The van der Waals surface area contributed by atoms with E-state index in [9.17, 15) is 4.39 Å². The summed E-state index contributed by atoms with van der Waals surface area (Å²) >= 11 is 13.8. The predicted molar refractivity (Wildman–Crippen MR) is 87.8 cm³/mol. The summed E-state index contributed by atoms with van der Waals surface area (Å²) in [6, 6.07) is 10.7. The molecule has 0 aliphatic carbocycles. The second kappa shape index (κ2) is 6.57. The summed E-state index contributed by atoms with van der Waals surface area (Å²) in [6.45, 7) is 0.658. The van der Waals surface area contributed by atoms with Crippen LogP contribution in [0.25, 0.3) is 0 Å². The molecule has 3 rings (SSSR count). The molecule has 1 unspecified atom stereocenters. The van der Waals surface area contributed by atoms with Gasteiger partial charge in [0.25, 0.3) is 0 Å². The smallest absolute Gasteiger partial charge is 0.123 e. The van der Waals surface area contributed by atoms with Gasteiger partial charge in [-0.15, -0.1) is 11.8 Å². The highest BCUT2D eigenvalue weighted by atomic mass is 35.5. The Bertz CT molecular complexity index is 642. The van der Waals surface area contributed by atoms with Crippen LogP contribution in [0.2, 0.25) is 10.0 Å². The van der Waals surface area contributed by atoms with Crippen molar-refractivity contribution in [3.05, 3.63) is 63.4 Å². The van der Waals surface area contributed by atoms with Gasteiger partial charge in [0.1, 0.15) is 5.82 Å². The van der Waals surface area contributed by atoms with Gasteiger partial charge in [0.05, 0.1) is 0 Å². The molecule has 2 aromatic rings. The molecule has 0 fully saturated rings. The zero-order chi connectivity index (χ0) is 14.8. The largest absolute Gasteiger partial charge is 0.306 e. The van der Waals surface area contributed by atoms with Crippen molar-refractivity contribution in [2.24, 2.45) is 0 Å². The number of rotatable bonds is 3. The van der Waals surface area contributed by atoms with Crippen molar-refractivity contribution < 1.29 is 4.39 Å². The highest BCUT2D eigenvalue weighted by Gasteiger charge is 2.20. The fourth-order valence-corrected chi connectivity index (χ4v) is 4.21. The number of hydrogen-bond acceptors (Lipinski definition) is 2. The van der Waals surface area contributed by atoms with Crippen molar-refractivity contribution in [1.82, 2.24) is 5.32 Å². The number of benzene rings is 2. The van der Waals surface area contributed by atoms with Crippen molar-refractivity contribution >= 4 is 35.0 Å². The summed E-state index contributed by atoms with van der Waals surface area (Å²) < 4.78 is 13.5. The molecule has 0 saturated carbocycles. The van der Waals surface area contributed by atoms with Crippen molar-refractivity contribution in [2.75, 3.05) is 5.75 Å². The molecule has 110 valence electrons. The van der Waals surface area contributed by atoms with Gasteiger partial charge in [-0.1, -0.05) is 23.2 Å². The van der Waals surface area contributed by atoms with Gasteiger partial charge >= 0.3 is 0 Å². The molecule has 1 aliphatic heterocycles. The first kappa shape index (κ1) is 15.2. The van der Waals surface area contributed by atoms with Gasteiger partial charge in [-0.3, -0.25) is 0 Å². The minimum atomic E-state index is -0.186. The van der Waals surface area contributed by atoms with Gasteiger partial charge in [0.15, 0.2) is 0 Å². The van der Waals surface area contributed by atoms with Crippen LogP contribution >= 0.6 is 35.0 Å². The molecule has 0 radical (unpaired) electrons. The topological polar surface area (TPSA) is 12.0 Å². The number of fused-ring (bicyclic) bond motifs is 1. The van der Waals surface area contributed by atoms with Crippen LogP contribution < -0.4 is 5.32 Å². The lowest BCUT2D eigenvalue weighted by atomic mass is 10.0. The lowest BCUT2D eigenvalue weighted by Gasteiger charge is -2.26. The number of hydrogen-bond donors (Lipinski definition) is 1. The van der Waals surface area contributed by atoms with E-state index in [0.29, 0.717) is 16.6 Å². The lowest BCUT2D eigenvalue weighted by Crippen LogP contribution is -2.24. The van der Waals surface area contributed by atoms with E-state index >= 15 is 0 Å². The molecule has 21 heavy (non-hydrogen) atoms. The number of thioether (sulfide) groups is 1. The molecule has 0 spiro atoms. The molecule has 0 bridgehead atoms. The van der Waals surface area contributed by atoms with E-state index in [1.54, 1.807) is 23.9 Å². The third kappa shape index (κ3) is 3.72. The number of nitrogens with one attached hydrogen (secondary N) is 1. The monoisotopic (exact) mass is 341 g/mol. The summed E-state index contributed by atoms with van der Waals surface area (Å²) in [5.41, 5.74) is 2.07. The van der Waals surface area contributed by atoms with Gasteiger partial charge in [-0.05, 0) is 59.7 Å². The average Bonchev–Trinajstić information content (AvgIpc) is 2.44. The van der Waals surface area contributed by atoms with Gasteiger partial charge in [-0.2, -0.15) is 0 Å². The second-order valence-corrected chi connectivity index (χ2v) is 7.04. The van der Waals surface area contributed by atoms with Gasteiger partial charge in [0, 0.05) is 27.5 Å². The van der Waals surface area contributed by atoms with E-state index in [-0.39, 0.29) is 11.9 Å². The molecule has 1 atom stereocenters. The molecule has 5 heteroatoms. The zero-order valence-corrected chi connectivity index (χ0v) is 13.5. The van der Waals surface area contributed by atoms with Crippen LogP contribution in [0.4, 0.5) is 4.39 Å². The minimum Gasteiger partial charge on any atom is -0.306 e. The Hall–Kier alpha value is -0.740. The fraction of sp³-hybridized carbons (Fsp3) is 0.250. The number of halogens is 3. The maximum atomic E-state index is 13.5. The first-order valence-electron chi connectivity index (χ1n) is 6.72. The fourth-order valence-electron chi connectivity index (χ4n) is 2.53. The van der Waals surface area contributed by atoms with E-state index in [1.807, 2.05) is 18.2 Å². The first-order valence-corrected chi connectivity index (χ1v) is 8.46. The standard InChI is InChI=1S/C16H14Cl2FNS/c17-11-5-10(6-12(18)7-11)9-20-15-3-4-21-16-2-1-13(19)8-14(15)16/h1-2,5-8,15,20H,3-4,9H2. The van der Waals surface area contributed by atoms with Gasteiger partial charge in [-0.25, -0.2) is 4.39 Å². The van der Waals surface area contributed by atoms with Crippen LogP contribution in [-0.2, 0) is 6.54 Å². The maximum absolute atomic E-state index is 13.5. The van der Waals surface area contributed by atoms with Crippen molar-refractivity contribution in [2.45, 2.75) is 23.9 Å². The third-order valence-electron chi connectivity index (χ3n) is 3.49. The molecular formula is C16H14Cl2FNS. The summed E-state index contributed by atoms with van der Waals surface area (Å²) in [6.07, 6.45) is 0.982. The summed E-state index contributed by atoms with van der Waals surface area (Å²) in [7, 11) is 0. The second-order valence-electron chi connectivity index (χ2n) is 5.03. The molecule has 0 saturated heterocycles. The van der Waals surface area contributed by atoms with Crippen LogP contribution in [0.15, 0.2) is 41.3 Å². The highest BCUT2D eigenvalue weighted by Crippen LogP contribution is 2.36. The summed E-state index contributed by atoms with van der Waals surface area (Å²) in [5.74, 6) is 0.848. The molecule has 1 nitrogen and oxygen atoms in total. The van der Waals surface area contributed by atoms with Crippen LogP contribution in [0.5, 0.6) is 0 Å². The maximum Gasteiger partial charge on any atom is 0.123 e. The first-order chi connectivity index (χ1) is 10.1. The average molecular weight is 342 g/mol. The Morgan fingerprint density at radius 2 is 1.90 bits per heavy atom. The Labute approximate surface area is 137 Å². The minimum absolute atomic E-state index is 0.162. The normalized spacial score (nSPS) is 17.6. The van der Waals surface area contributed by atoms with E-state index in [4.69, 9.17) is 23.2 Å². The predicted octanol–water partition coefficient (Wildman–Crippen LogP) is 5.46. The summed E-state index contributed by atoms with van der Waals surface area (Å²) in [5, 5.41) is 4.74. The van der Waals surface area contributed by atoms with Crippen LogP contribution in [0.3, 0.4) is 0 Å². The molecule has 1 N–H and O–H groups in total. The quantitative estimate of drug-likeness (QED) is 0.795. The van der Waals surface area contributed by atoms with E-state index in [1.165, 1.54) is 6.07 Å². The summed E-state index contributed by atoms with van der Waals surface area (Å²) in [4.78, 5) is 1.16. The van der Waals surface area contributed by atoms with Gasteiger partial charge in [0.2, 0.25) is 0 Å². The lowest BCUT2D eigenvalue weighted by molar-refractivity contribution is 0.504. The van der Waals surface area contributed by atoms with E-state index in [0.717, 1.165) is 28.2 Å². The molecule has 0 aromatic heterocycles. The van der Waals surface area contributed by atoms with Gasteiger partial charge < -0.3 is 5.32 Å². The van der Waals surface area contributed by atoms with Crippen LogP contribution in [0, 0.1) is 5.82 Å². The zero-order valence-electron chi connectivity index (χ0n) is 11.2. The third-order valence-corrected chi connectivity index (χ3v) is 5.05. The van der Waals surface area contributed by atoms with Crippen molar-refractivity contribution in [1.29, 1.82) is 0 Å². The van der Waals surface area contributed by atoms with Crippen LogP contribution in [-0.4, -0.2) is 5.75 Å². The Morgan fingerprint density at radius 1 is 1.14 bits per heavy atom. The Balaban J connectivity index is 1.76. The SMILES string of the molecule is Fc1ccc2c(c1)C(NCc1cc(Cl)cc(Cl)c1)CCS2. The molecule has 1 heterocycles. The van der Waals surface area contributed by atoms with E-state index in [2.05, 4.69) is 5.32 Å². The molecule has 1 aliphatic rings. The van der Waals surface area contributed by atoms with Crippen molar-refractivity contribution in [3.8, 4) is 0 Å².